The molecule has 2 nitrogen and oxygen atoms in total. The first-order chi connectivity index (χ1) is 6.86. The largest absolute Gasteiger partial charge is 0.173 e. The van der Waals surface area contributed by atoms with Gasteiger partial charge in [0.15, 0.2) is 0 Å². The third-order valence-electron chi connectivity index (χ3n) is 1.94. The molecule has 76 valence electrons. The van der Waals surface area contributed by atoms with Crippen LogP contribution in [0.5, 0.6) is 0 Å². The summed E-state index contributed by atoms with van der Waals surface area (Å²) in [5.41, 5.74) is 2.57. The summed E-state index contributed by atoms with van der Waals surface area (Å²) in [5, 5.41) is 4.12. The first-order valence-corrected chi connectivity index (χ1v) is 5.89. The fourth-order valence-corrected chi connectivity index (χ4v) is 1.83. The van der Waals surface area contributed by atoms with Crippen LogP contribution in [0.4, 0.5) is 0 Å². The van der Waals surface area contributed by atoms with E-state index < -0.39 is 0 Å². The summed E-state index contributed by atoms with van der Waals surface area (Å²) in [6.07, 6.45) is 0. The molecule has 1 unspecified atom stereocenters. The van der Waals surface area contributed by atoms with Crippen molar-refractivity contribution in [3.63, 3.8) is 0 Å². The summed E-state index contributed by atoms with van der Waals surface area (Å²) in [5.74, 6) is 0.989. The van der Waals surface area contributed by atoms with Crippen LogP contribution in [0.1, 0.15) is 31.0 Å². The zero-order valence-electron chi connectivity index (χ0n) is 8.90. The zero-order valence-corrected chi connectivity index (χ0v) is 9.71. The number of hydrogen-bond acceptors (Lipinski definition) is 3. The van der Waals surface area contributed by atoms with E-state index in [-0.39, 0.29) is 6.04 Å². The van der Waals surface area contributed by atoms with Gasteiger partial charge >= 0.3 is 0 Å². The van der Waals surface area contributed by atoms with Crippen molar-refractivity contribution in [1.29, 1.82) is 0 Å². The maximum Gasteiger partial charge on any atom is 0.108 e. The summed E-state index contributed by atoms with van der Waals surface area (Å²) in [4.78, 5) is 0. The predicted octanol–water partition coefficient (Wildman–Crippen LogP) is 4.18. The van der Waals surface area contributed by atoms with Crippen molar-refractivity contribution < 1.29 is 0 Å². The molecule has 0 aromatic heterocycles. The lowest BCUT2D eigenvalue weighted by Gasteiger charge is -2.03. The molecule has 1 aromatic rings. The van der Waals surface area contributed by atoms with E-state index in [9.17, 15) is 0 Å². The van der Waals surface area contributed by atoms with Crippen molar-refractivity contribution in [3.05, 3.63) is 35.4 Å². The zero-order chi connectivity index (χ0) is 10.4. The number of aryl methyl sites for hydroxylation is 1. The van der Waals surface area contributed by atoms with Gasteiger partial charge in [0.05, 0.1) is 0 Å². The smallest absolute Gasteiger partial charge is 0.108 e. The molecule has 0 saturated carbocycles. The van der Waals surface area contributed by atoms with Gasteiger partial charge in [-0.3, -0.25) is 0 Å². The van der Waals surface area contributed by atoms with Crippen molar-refractivity contribution in [3.8, 4) is 0 Å². The van der Waals surface area contributed by atoms with Crippen LogP contribution in [0.3, 0.4) is 0 Å². The Labute approximate surface area is 90.0 Å². The molecule has 0 saturated heterocycles. The third kappa shape index (κ3) is 2.84. The third-order valence-corrected chi connectivity index (χ3v) is 2.61. The van der Waals surface area contributed by atoms with E-state index in [0.717, 1.165) is 5.75 Å². The lowest BCUT2D eigenvalue weighted by atomic mass is 10.1. The number of benzene rings is 1. The highest BCUT2D eigenvalue weighted by atomic mass is 32.2. The van der Waals surface area contributed by atoms with E-state index in [2.05, 4.69) is 40.8 Å². The maximum absolute atomic E-state index is 4.12. The topological polar surface area (TPSA) is 24.7 Å². The lowest BCUT2D eigenvalue weighted by molar-refractivity contribution is 0.815. The molecule has 0 fully saturated rings. The summed E-state index contributed by atoms with van der Waals surface area (Å²) in [7, 11) is 0. The molecule has 1 aliphatic heterocycles. The first kappa shape index (κ1) is 11.2. The highest BCUT2D eigenvalue weighted by Crippen LogP contribution is 2.29. The monoisotopic (exact) mass is 208 g/mol. The quantitative estimate of drug-likeness (QED) is 0.635. The second-order valence-corrected chi connectivity index (χ2v) is 3.67. The van der Waals surface area contributed by atoms with Gasteiger partial charge < -0.3 is 0 Å². The minimum Gasteiger partial charge on any atom is -0.173 e. The van der Waals surface area contributed by atoms with E-state index in [0.29, 0.717) is 0 Å². The maximum atomic E-state index is 4.12. The summed E-state index contributed by atoms with van der Waals surface area (Å²) in [6.45, 7) is 6.09. The van der Waals surface area contributed by atoms with E-state index in [1.54, 1.807) is 0 Å². The molecule has 2 rings (SSSR count). The average Bonchev–Trinajstić information content (AvgIpc) is 2.75. The number of hydrogen-bond donors (Lipinski definition) is 0. The van der Waals surface area contributed by atoms with Gasteiger partial charge in [0.25, 0.3) is 0 Å². The van der Waals surface area contributed by atoms with Gasteiger partial charge in [-0.05, 0) is 24.4 Å². The van der Waals surface area contributed by atoms with Crippen molar-refractivity contribution in [2.75, 3.05) is 5.75 Å². The van der Waals surface area contributed by atoms with Crippen LogP contribution in [0.2, 0.25) is 0 Å². The summed E-state index contributed by atoms with van der Waals surface area (Å²) in [6, 6.07) is 8.79. The Kier molecular flexibility index (Phi) is 4.66. The van der Waals surface area contributed by atoms with E-state index in [1.165, 1.54) is 23.1 Å². The molecule has 1 heterocycles. The van der Waals surface area contributed by atoms with Crippen LogP contribution in [0.15, 0.2) is 33.9 Å². The van der Waals surface area contributed by atoms with Crippen LogP contribution in [-0.4, -0.2) is 5.75 Å². The minimum absolute atomic E-state index is 0.288. The van der Waals surface area contributed by atoms with Crippen LogP contribution in [0.25, 0.3) is 0 Å². The minimum atomic E-state index is 0.288. The van der Waals surface area contributed by atoms with Crippen LogP contribution >= 0.6 is 11.9 Å². The van der Waals surface area contributed by atoms with Gasteiger partial charge in [-0.15, -0.1) is 4.52 Å². The Morgan fingerprint density at radius 1 is 1.21 bits per heavy atom. The molecule has 0 amide bonds. The Hall–Kier alpha value is -0.830. The molecule has 1 aliphatic rings. The van der Waals surface area contributed by atoms with Crippen molar-refractivity contribution in [2.45, 2.75) is 26.8 Å². The number of nitrogens with zero attached hydrogens (tertiary/aromatic N) is 2. The van der Waals surface area contributed by atoms with Crippen molar-refractivity contribution in [2.24, 2.45) is 9.63 Å². The van der Waals surface area contributed by atoms with Gasteiger partial charge in [-0.2, -0.15) is 5.11 Å². The SMILES string of the molecule is CC.Cc1ccc(C2CSN=N2)cc1. The molecule has 0 aliphatic carbocycles. The van der Waals surface area contributed by atoms with E-state index in [4.69, 9.17) is 0 Å². The Morgan fingerprint density at radius 3 is 2.36 bits per heavy atom. The Balaban J connectivity index is 0.000000461. The molecule has 14 heavy (non-hydrogen) atoms. The second kappa shape index (κ2) is 5.81. The molecule has 3 heteroatoms. The average molecular weight is 208 g/mol. The van der Waals surface area contributed by atoms with Crippen molar-refractivity contribution in [1.82, 2.24) is 0 Å². The van der Waals surface area contributed by atoms with Crippen LogP contribution < -0.4 is 0 Å². The fourth-order valence-electron chi connectivity index (χ4n) is 1.18. The van der Waals surface area contributed by atoms with Gasteiger partial charge in [0.2, 0.25) is 0 Å². The highest BCUT2D eigenvalue weighted by Gasteiger charge is 2.14. The van der Waals surface area contributed by atoms with Gasteiger partial charge in [0.1, 0.15) is 6.04 Å². The second-order valence-electron chi connectivity index (χ2n) is 2.92. The predicted molar refractivity (Wildman–Crippen MR) is 62.6 cm³/mol. The van der Waals surface area contributed by atoms with Crippen molar-refractivity contribution >= 4 is 11.9 Å². The molecule has 0 spiro atoms. The summed E-state index contributed by atoms with van der Waals surface area (Å²) >= 11 is 1.54. The van der Waals surface area contributed by atoms with E-state index in [1.807, 2.05) is 13.8 Å². The van der Waals surface area contributed by atoms with Gasteiger partial charge in [-0.25, -0.2) is 0 Å². The lowest BCUT2D eigenvalue weighted by Crippen LogP contribution is -1.93. The van der Waals surface area contributed by atoms with Gasteiger partial charge in [-0.1, -0.05) is 43.7 Å². The first-order valence-electron chi connectivity index (χ1n) is 4.95. The molecule has 1 aromatic carbocycles. The molecule has 0 N–H and O–H groups in total. The van der Waals surface area contributed by atoms with Gasteiger partial charge in [0, 0.05) is 5.75 Å². The molecule has 0 bridgehead atoms. The van der Waals surface area contributed by atoms with E-state index >= 15 is 0 Å². The van der Waals surface area contributed by atoms with Crippen LogP contribution in [0, 0.1) is 6.92 Å². The Bertz CT molecular complexity index is 293. The molecule has 1 atom stereocenters. The highest BCUT2D eigenvalue weighted by molar-refractivity contribution is 7.98. The molecular formula is C11H16N2S. The number of rotatable bonds is 1. The molecular weight excluding hydrogens is 192 g/mol. The Morgan fingerprint density at radius 2 is 1.86 bits per heavy atom. The normalized spacial score (nSPS) is 18.9. The summed E-state index contributed by atoms with van der Waals surface area (Å²) < 4.78 is 3.91. The molecule has 0 radical (unpaired) electrons. The standard InChI is InChI=1S/C9H10N2S.C2H6/c1-7-2-4-8(5-3-7)9-6-12-11-10-9;1-2/h2-5,9H,6H2,1H3;1-2H3. The fraction of sp³-hybridized carbons (Fsp3) is 0.455. The van der Waals surface area contributed by atoms with Crippen LogP contribution in [-0.2, 0) is 0 Å².